The summed E-state index contributed by atoms with van der Waals surface area (Å²) < 4.78 is 30.4. The molecule has 0 unspecified atom stereocenters. The van der Waals surface area contributed by atoms with Gasteiger partial charge in [0, 0.05) is 18.8 Å². The molecule has 0 radical (unpaired) electrons. The van der Waals surface area contributed by atoms with Crippen LogP contribution in [0.2, 0.25) is 5.02 Å². The van der Waals surface area contributed by atoms with Crippen LogP contribution in [0.3, 0.4) is 0 Å². The summed E-state index contributed by atoms with van der Waals surface area (Å²) in [6.45, 7) is 2.31. The predicted octanol–water partition coefficient (Wildman–Crippen LogP) is 3.34. The van der Waals surface area contributed by atoms with E-state index in [4.69, 9.17) is 21.5 Å². The Morgan fingerprint density at radius 1 is 1.06 bits per heavy atom. The van der Waals surface area contributed by atoms with Crippen molar-refractivity contribution in [2.24, 2.45) is 5.14 Å². The fraction of sp³-hybridized carbons (Fsp3) is 0.300. The van der Waals surface area contributed by atoms with Crippen molar-refractivity contribution in [1.82, 2.24) is 14.8 Å². The summed E-state index contributed by atoms with van der Waals surface area (Å²) in [6, 6.07) is 13.7. The second-order valence-corrected chi connectivity index (χ2v) is 10.0. The summed E-state index contributed by atoms with van der Waals surface area (Å²) in [5, 5.41) is 15.3. The van der Waals surface area contributed by atoms with Crippen LogP contribution in [0, 0.1) is 0 Å². The van der Waals surface area contributed by atoms with Gasteiger partial charge in [0.25, 0.3) is 0 Å². The molecule has 3 aromatic rings. The second-order valence-electron chi connectivity index (χ2n) is 6.98. The molecule has 0 saturated carbocycles. The molecule has 1 aliphatic rings. The predicted molar refractivity (Wildman–Crippen MR) is 122 cm³/mol. The molecule has 0 spiro atoms. The zero-order valence-electron chi connectivity index (χ0n) is 16.6. The molecular weight excluding hydrogens is 458 g/mol. The monoisotopic (exact) mass is 479 g/mol. The lowest BCUT2D eigenvalue weighted by Crippen LogP contribution is -2.22. The quantitative estimate of drug-likeness (QED) is 0.390. The van der Waals surface area contributed by atoms with Crippen molar-refractivity contribution in [2.45, 2.75) is 22.9 Å². The topological polar surface area (TPSA) is 103 Å². The summed E-state index contributed by atoms with van der Waals surface area (Å²) in [5.41, 5.74) is 0.845. The number of nitrogens with two attached hydrogens (primary N) is 1. The Hall–Kier alpha value is -2.27. The highest BCUT2D eigenvalue weighted by molar-refractivity contribution is 7.99. The number of para-hydroxylation sites is 1. The first-order valence-corrected chi connectivity index (χ1v) is 12.7. The maximum Gasteiger partial charge on any atom is 0.238 e. The Kier molecular flexibility index (Phi) is 6.71. The van der Waals surface area contributed by atoms with Gasteiger partial charge in [0.05, 0.1) is 22.2 Å². The molecule has 1 aromatic heterocycles. The number of hydrogen-bond donors (Lipinski definition) is 1. The standard InChI is InChI=1S/C20H22ClN5O3S2/c21-17-5-1-2-6-18(17)26-19(25-11-3-4-12-25)23-24-20(26)30-14-13-29-15-7-9-16(10-8-15)31(22,27)28/h1-2,5-10H,3-4,11-14H2,(H2,22,27,28). The van der Waals surface area contributed by atoms with Crippen LogP contribution in [0.25, 0.3) is 5.69 Å². The maximum atomic E-state index is 11.3. The minimum absolute atomic E-state index is 0.0523. The van der Waals surface area contributed by atoms with Gasteiger partial charge in [-0.05, 0) is 49.2 Å². The number of thioether (sulfide) groups is 1. The van der Waals surface area contributed by atoms with Gasteiger partial charge < -0.3 is 9.64 Å². The SMILES string of the molecule is NS(=O)(=O)c1ccc(OCCSc2nnc(N3CCCC3)n2-c2ccccc2Cl)cc1. The highest BCUT2D eigenvalue weighted by atomic mass is 35.5. The molecule has 1 aliphatic heterocycles. The van der Waals surface area contributed by atoms with E-state index in [1.165, 1.54) is 23.9 Å². The van der Waals surface area contributed by atoms with E-state index in [1.54, 1.807) is 12.1 Å². The molecule has 0 aliphatic carbocycles. The molecule has 1 saturated heterocycles. The van der Waals surface area contributed by atoms with Gasteiger partial charge in [0.2, 0.25) is 16.0 Å². The Morgan fingerprint density at radius 2 is 1.77 bits per heavy atom. The number of ether oxygens (including phenoxy) is 1. The van der Waals surface area contributed by atoms with E-state index in [0.29, 0.717) is 23.1 Å². The molecule has 0 bridgehead atoms. The van der Waals surface area contributed by atoms with E-state index < -0.39 is 10.0 Å². The lowest BCUT2D eigenvalue weighted by atomic mass is 10.3. The van der Waals surface area contributed by atoms with Crippen LogP contribution in [0.15, 0.2) is 58.6 Å². The Labute approximate surface area is 190 Å². The Morgan fingerprint density at radius 3 is 2.45 bits per heavy atom. The van der Waals surface area contributed by atoms with Gasteiger partial charge in [-0.3, -0.25) is 4.57 Å². The molecule has 8 nitrogen and oxygen atoms in total. The summed E-state index contributed by atoms with van der Waals surface area (Å²) in [4.78, 5) is 2.28. The lowest BCUT2D eigenvalue weighted by Gasteiger charge is -2.19. The minimum atomic E-state index is -3.71. The van der Waals surface area contributed by atoms with Gasteiger partial charge in [-0.25, -0.2) is 13.6 Å². The van der Waals surface area contributed by atoms with E-state index in [2.05, 4.69) is 15.1 Å². The zero-order valence-corrected chi connectivity index (χ0v) is 19.0. The van der Waals surface area contributed by atoms with Gasteiger partial charge in [0.15, 0.2) is 5.16 Å². The van der Waals surface area contributed by atoms with E-state index in [9.17, 15) is 8.42 Å². The number of aromatic nitrogens is 3. The van der Waals surface area contributed by atoms with Gasteiger partial charge >= 0.3 is 0 Å². The van der Waals surface area contributed by atoms with Crippen molar-refractivity contribution in [3.8, 4) is 11.4 Å². The number of rotatable bonds is 8. The zero-order chi connectivity index (χ0) is 21.8. The van der Waals surface area contributed by atoms with Gasteiger partial charge in [-0.15, -0.1) is 10.2 Å². The molecule has 2 N–H and O–H groups in total. The van der Waals surface area contributed by atoms with Crippen LogP contribution >= 0.6 is 23.4 Å². The van der Waals surface area contributed by atoms with Crippen LogP contribution in [0.1, 0.15) is 12.8 Å². The number of halogens is 1. The highest BCUT2D eigenvalue weighted by Gasteiger charge is 2.23. The van der Waals surface area contributed by atoms with E-state index in [-0.39, 0.29) is 4.90 Å². The van der Waals surface area contributed by atoms with Crippen molar-refractivity contribution < 1.29 is 13.2 Å². The smallest absolute Gasteiger partial charge is 0.238 e. The molecule has 11 heteroatoms. The summed E-state index contributed by atoms with van der Waals surface area (Å²) in [6.07, 6.45) is 2.27. The van der Waals surface area contributed by atoms with Crippen LogP contribution in [0.5, 0.6) is 5.75 Å². The van der Waals surface area contributed by atoms with Crippen molar-refractivity contribution >= 4 is 39.3 Å². The largest absolute Gasteiger partial charge is 0.493 e. The number of nitrogens with zero attached hydrogens (tertiary/aromatic N) is 4. The molecule has 0 amide bonds. The summed E-state index contributed by atoms with van der Waals surface area (Å²) >= 11 is 7.99. The minimum Gasteiger partial charge on any atom is -0.493 e. The van der Waals surface area contributed by atoms with E-state index in [1.807, 2.05) is 28.8 Å². The molecular formula is C20H22ClN5O3S2. The van der Waals surface area contributed by atoms with Crippen LogP contribution in [-0.2, 0) is 10.0 Å². The van der Waals surface area contributed by atoms with Gasteiger partial charge in [0.1, 0.15) is 5.75 Å². The Balaban J connectivity index is 1.45. The van der Waals surface area contributed by atoms with Crippen molar-refractivity contribution in [1.29, 1.82) is 0 Å². The fourth-order valence-corrected chi connectivity index (χ4v) is 4.83. The first-order valence-electron chi connectivity index (χ1n) is 9.77. The van der Waals surface area contributed by atoms with Crippen molar-refractivity contribution in [3.63, 3.8) is 0 Å². The van der Waals surface area contributed by atoms with Gasteiger partial charge in [-0.1, -0.05) is 35.5 Å². The Bertz CT molecular complexity index is 1150. The third-order valence-corrected chi connectivity index (χ3v) is 6.98. The summed E-state index contributed by atoms with van der Waals surface area (Å²) in [7, 11) is -3.71. The molecule has 1 fully saturated rings. The third kappa shape index (κ3) is 5.15. The van der Waals surface area contributed by atoms with Crippen molar-refractivity contribution in [3.05, 3.63) is 53.6 Å². The molecule has 2 heterocycles. The lowest BCUT2D eigenvalue weighted by molar-refractivity contribution is 0.343. The molecule has 0 atom stereocenters. The molecule has 2 aromatic carbocycles. The first-order chi connectivity index (χ1) is 14.9. The third-order valence-electron chi connectivity index (χ3n) is 4.83. The number of benzene rings is 2. The first kappa shape index (κ1) is 21.9. The van der Waals surface area contributed by atoms with Crippen LogP contribution in [-0.4, -0.2) is 48.6 Å². The van der Waals surface area contributed by atoms with Gasteiger partial charge in [-0.2, -0.15) is 0 Å². The number of primary sulfonamides is 1. The van der Waals surface area contributed by atoms with E-state index in [0.717, 1.165) is 42.7 Å². The second kappa shape index (κ2) is 9.47. The molecule has 31 heavy (non-hydrogen) atoms. The fourth-order valence-electron chi connectivity index (χ4n) is 3.34. The summed E-state index contributed by atoms with van der Waals surface area (Å²) in [5.74, 6) is 1.99. The molecule has 164 valence electrons. The van der Waals surface area contributed by atoms with Crippen LogP contribution in [0.4, 0.5) is 5.95 Å². The number of sulfonamides is 1. The average Bonchev–Trinajstić information content (AvgIpc) is 3.41. The molecule has 4 rings (SSSR count). The number of anilines is 1. The van der Waals surface area contributed by atoms with E-state index >= 15 is 0 Å². The highest BCUT2D eigenvalue weighted by Crippen LogP contribution is 2.31. The van der Waals surface area contributed by atoms with Crippen LogP contribution < -0.4 is 14.8 Å². The van der Waals surface area contributed by atoms with Crippen molar-refractivity contribution in [2.75, 3.05) is 30.3 Å². The average molecular weight is 480 g/mol. The maximum absolute atomic E-state index is 11.3. The number of hydrogen-bond acceptors (Lipinski definition) is 7. The normalized spacial score (nSPS) is 14.2.